The van der Waals surface area contributed by atoms with Crippen LogP contribution in [0.3, 0.4) is 0 Å². The van der Waals surface area contributed by atoms with Gasteiger partial charge < -0.3 is 10.3 Å². The molecule has 5 heteroatoms. The van der Waals surface area contributed by atoms with Crippen molar-refractivity contribution in [2.24, 2.45) is 0 Å². The number of pyridine rings is 1. The van der Waals surface area contributed by atoms with Gasteiger partial charge >= 0.3 is 0 Å². The molecule has 1 aromatic carbocycles. The van der Waals surface area contributed by atoms with Crippen molar-refractivity contribution in [2.75, 3.05) is 5.32 Å². The fraction of sp³-hybridized carbons (Fsp3) is 0. The Hall–Kier alpha value is -2.43. The minimum atomic E-state index is -0.876. The van der Waals surface area contributed by atoms with Crippen LogP contribution in [0.5, 0.6) is 0 Å². The van der Waals surface area contributed by atoms with Gasteiger partial charge in [0.15, 0.2) is 11.6 Å². The van der Waals surface area contributed by atoms with Crippen molar-refractivity contribution < 1.29 is 8.78 Å². The van der Waals surface area contributed by atoms with Gasteiger partial charge in [0.2, 0.25) is 0 Å². The molecule has 0 bridgehead atoms. The molecule has 0 radical (unpaired) electrons. The summed E-state index contributed by atoms with van der Waals surface area (Å²) in [6, 6.07) is 7.33. The van der Waals surface area contributed by atoms with Crippen molar-refractivity contribution in [2.45, 2.75) is 0 Å². The molecular weight excluding hydrogens is 236 g/mol. The van der Waals surface area contributed by atoms with Crippen molar-refractivity contribution in [3.8, 4) is 0 Å². The van der Waals surface area contributed by atoms with Crippen molar-refractivity contribution >= 4 is 22.4 Å². The first-order valence-electron chi connectivity index (χ1n) is 5.38. The maximum Gasteiger partial charge on any atom is 0.160 e. The van der Waals surface area contributed by atoms with E-state index in [1.165, 1.54) is 6.07 Å². The Kier molecular flexibility index (Phi) is 2.44. The van der Waals surface area contributed by atoms with Crippen LogP contribution in [-0.2, 0) is 0 Å². The lowest BCUT2D eigenvalue weighted by Crippen LogP contribution is -1.93. The first-order chi connectivity index (χ1) is 8.74. The van der Waals surface area contributed by atoms with E-state index in [0.717, 1.165) is 28.9 Å². The molecule has 90 valence electrons. The van der Waals surface area contributed by atoms with Crippen LogP contribution in [-0.4, -0.2) is 9.97 Å². The number of benzene rings is 1. The van der Waals surface area contributed by atoms with Crippen molar-refractivity contribution in [3.05, 3.63) is 54.4 Å². The standard InChI is InChI=1S/C13H9F2N3/c14-10-2-1-8(7-11(10)15)18-12-4-6-17-13-9(12)3-5-16-13/h1-7H,(H2,16,17,18). The highest BCUT2D eigenvalue weighted by molar-refractivity contribution is 5.91. The third-order valence-corrected chi connectivity index (χ3v) is 2.66. The third kappa shape index (κ3) is 1.79. The van der Waals surface area contributed by atoms with E-state index in [9.17, 15) is 8.78 Å². The van der Waals surface area contributed by atoms with Crippen LogP contribution in [0.4, 0.5) is 20.2 Å². The summed E-state index contributed by atoms with van der Waals surface area (Å²) in [5, 5.41) is 3.93. The second-order valence-corrected chi connectivity index (χ2v) is 3.85. The maximum absolute atomic E-state index is 13.1. The topological polar surface area (TPSA) is 40.7 Å². The van der Waals surface area contributed by atoms with Gasteiger partial charge in [0.05, 0.1) is 5.69 Å². The molecule has 3 aromatic rings. The Labute approximate surface area is 101 Å². The minimum absolute atomic E-state index is 0.489. The SMILES string of the molecule is Fc1ccc(Nc2ccnc3[nH]ccc23)cc1F. The number of H-pyrrole nitrogens is 1. The Bertz CT molecular complexity index is 706. The van der Waals surface area contributed by atoms with E-state index < -0.39 is 11.6 Å². The summed E-state index contributed by atoms with van der Waals surface area (Å²) < 4.78 is 25.9. The second-order valence-electron chi connectivity index (χ2n) is 3.85. The molecule has 2 N–H and O–H groups in total. The van der Waals surface area contributed by atoms with Crippen LogP contribution in [0.2, 0.25) is 0 Å². The number of rotatable bonds is 2. The van der Waals surface area contributed by atoms with Crippen molar-refractivity contribution in [1.29, 1.82) is 0 Å². The van der Waals surface area contributed by atoms with Gasteiger partial charge in [-0.25, -0.2) is 13.8 Å². The number of aromatic amines is 1. The summed E-state index contributed by atoms with van der Waals surface area (Å²) >= 11 is 0. The molecule has 0 amide bonds. The largest absolute Gasteiger partial charge is 0.355 e. The Morgan fingerprint density at radius 2 is 1.94 bits per heavy atom. The molecule has 0 aliphatic heterocycles. The molecule has 3 nitrogen and oxygen atoms in total. The molecule has 0 fully saturated rings. The molecule has 0 unspecified atom stereocenters. The Morgan fingerprint density at radius 3 is 2.78 bits per heavy atom. The number of nitrogens with zero attached hydrogens (tertiary/aromatic N) is 1. The van der Waals surface area contributed by atoms with E-state index in [1.807, 2.05) is 6.07 Å². The third-order valence-electron chi connectivity index (χ3n) is 2.66. The molecule has 0 saturated heterocycles. The number of hydrogen-bond donors (Lipinski definition) is 2. The molecule has 0 saturated carbocycles. The highest BCUT2D eigenvalue weighted by Gasteiger charge is 2.05. The minimum Gasteiger partial charge on any atom is -0.355 e. The van der Waals surface area contributed by atoms with Crippen LogP contribution in [0.25, 0.3) is 11.0 Å². The van der Waals surface area contributed by atoms with E-state index in [2.05, 4.69) is 15.3 Å². The van der Waals surface area contributed by atoms with E-state index in [-0.39, 0.29) is 0 Å². The molecule has 0 aliphatic rings. The normalized spacial score (nSPS) is 10.8. The predicted octanol–water partition coefficient (Wildman–Crippen LogP) is 3.58. The van der Waals surface area contributed by atoms with Crippen LogP contribution in [0.15, 0.2) is 42.7 Å². The van der Waals surface area contributed by atoms with E-state index >= 15 is 0 Å². The molecule has 0 aliphatic carbocycles. The second kappa shape index (κ2) is 4.10. The molecule has 3 rings (SSSR count). The molecule has 0 spiro atoms. The van der Waals surface area contributed by atoms with Crippen LogP contribution in [0, 0.1) is 11.6 Å². The maximum atomic E-state index is 13.1. The zero-order chi connectivity index (χ0) is 12.5. The number of fused-ring (bicyclic) bond motifs is 1. The van der Waals surface area contributed by atoms with Gasteiger partial charge in [-0.2, -0.15) is 0 Å². The molecule has 2 aromatic heterocycles. The lowest BCUT2D eigenvalue weighted by atomic mass is 10.2. The van der Waals surface area contributed by atoms with Crippen molar-refractivity contribution in [3.63, 3.8) is 0 Å². The van der Waals surface area contributed by atoms with Gasteiger partial charge in [-0.1, -0.05) is 0 Å². The zero-order valence-corrected chi connectivity index (χ0v) is 9.24. The molecule has 18 heavy (non-hydrogen) atoms. The highest BCUT2D eigenvalue weighted by atomic mass is 19.2. The lowest BCUT2D eigenvalue weighted by Gasteiger charge is -2.07. The first kappa shape index (κ1) is 10.7. The van der Waals surface area contributed by atoms with E-state index in [4.69, 9.17) is 0 Å². The van der Waals surface area contributed by atoms with Gasteiger partial charge in [0.1, 0.15) is 5.65 Å². The predicted molar refractivity (Wildman–Crippen MR) is 65.7 cm³/mol. The monoisotopic (exact) mass is 245 g/mol. The summed E-state index contributed by atoms with van der Waals surface area (Å²) in [5.41, 5.74) is 2.01. The first-order valence-corrected chi connectivity index (χ1v) is 5.38. The zero-order valence-electron chi connectivity index (χ0n) is 9.24. The van der Waals surface area contributed by atoms with E-state index in [0.29, 0.717) is 5.69 Å². The number of anilines is 2. The fourth-order valence-electron chi connectivity index (χ4n) is 1.80. The molecular formula is C13H9F2N3. The number of hydrogen-bond acceptors (Lipinski definition) is 2. The summed E-state index contributed by atoms with van der Waals surface area (Å²) in [5.74, 6) is -1.73. The molecule has 2 heterocycles. The summed E-state index contributed by atoms with van der Waals surface area (Å²) in [6.07, 6.45) is 3.41. The Morgan fingerprint density at radius 1 is 1.06 bits per heavy atom. The quantitative estimate of drug-likeness (QED) is 0.724. The van der Waals surface area contributed by atoms with Gasteiger partial charge in [-0.3, -0.25) is 0 Å². The van der Waals surface area contributed by atoms with Crippen LogP contribution in [0.1, 0.15) is 0 Å². The summed E-state index contributed by atoms with van der Waals surface area (Å²) in [7, 11) is 0. The number of nitrogens with one attached hydrogen (secondary N) is 2. The summed E-state index contributed by atoms with van der Waals surface area (Å²) in [4.78, 5) is 7.13. The smallest absolute Gasteiger partial charge is 0.160 e. The number of halogens is 2. The number of aromatic nitrogens is 2. The lowest BCUT2D eigenvalue weighted by molar-refractivity contribution is 0.509. The van der Waals surface area contributed by atoms with Crippen LogP contribution >= 0.6 is 0 Å². The van der Waals surface area contributed by atoms with Gasteiger partial charge in [-0.15, -0.1) is 0 Å². The van der Waals surface area contributed by atoms with Gasteiger partial charge in [-0.05, 0) is 24.3 Å². The van der Waals surface area contributed by atoms with E-state index in [1.54, 1.807) is 18.5 Å². The van der Waals surface area contributed by atoms with Gasteiger partial charge in [0.25, 0.3) is 0 Å². The van der Waals surface area contributed by atoms with Gasteiger partial charge in [0, 0.05) is 29.5 Å². The fourth-order valence-corrected chi connectivity index (χ4v) is 1.80. The van der Waals surface area contributed by atoms with Crippen molar-refractivity contribution in [1.82, 2.24) is 9.97 Å². The summed E-state index contributed by atoms with van der Waals surface area (Å²) in [6.45, 7) is 0. The average Bonchev–Trinajstić information content (AvgIpc) is 2.83. The van der Waals surface area contributed by atoms with Crippen LogP contribution < -0.4 is 5.32 Å². The average molecular weight is 245 g/mol. The Balaban J connectivity index is 2.01. The highest BCUT2D eigenvalue weighted by Crippen LogP contribution is 2.25. The molecule has 0 atom stereocenters.